The molecule has 0 saturated carbocycles. The van der Waals surface area contributed by atoms with Crippen LogP contribution in [0.2, 0.25) is 0 Å². The van der Waals surface area contributed by atoms with E-state index in [0.29, 0.717) is 22.3 Å². The Morgan fingerprint density at radius 3 is 1.91 bits per heavy atom. The van der Waals surface area contributed by atoms with Gasteiger partial charge in [-0.05, 0) is 47.5 Å². The molecule has 0 fully saturated rings. The van der Waals surface area contributed by atoms with Crippen LogP contribution >= 0.6 is 0 Å². The summed E-state index contributed by atoms with van der Waals surface area (Å²) in [5.74, 6) is -0.587. The largest absolute Gasteiger partial charge is 0.497 e. The molecule has 172 valence electrons. The van der Waals surface area contributed by atoms with E-state index in [1.54, 1.807) is 55.6 Å². The summed E-state index contributed by atoms with van der Waals surface area (Å²) in [6, 6.07) is 32.6. The predicted molar refractivity (Wildman–Crippen MR) is 135 cm³/mol. The molecule has 0 spiro atoms. The van der Waals surface area contributed by atoms with Gasteiger partial charge in [-0.2, -0.15) is 0 Å². The quantitative estimate of drug-likeness (QED) is 0.281. The summed E-state index contributed by atoms with van der Waals surface area (Å²) < 4.78 is 17.2. The molecule has 1 aromatic heterocycles. The van der Waals surface area contributed by atoms with Crippen molar-refractivity contribution in [2.24, 2.45) is 0 Å². The molecule has 0 bridgehead atoms. The third-order valence-electron chi connectivity index (χ3n) is 5.81. The lowest BCUT2D eigenvalue weighted by molar-refractivity contribution is -0.135. The van der Waals surface area contributed by atoms with E-state index < -0.39 is 17.3 Å². The normalized spacial score (nSPS) is 10.9. The molecular weight excluding hydrogens is 440 g/mol. The summed E-state index contributed by atoms with van der Waals surface area (Å²) in [5, 5.41) is 0.337. The summed E-state index contributed by atoms with van der Waals surface area (Å²) in [4.78, 5) is 27.2. The molecule has 0 atom stereocenters. The van der Waals surface area contributed by atoms with Crippen LogP contribution < -0.4 is 14.9 Å². The zero-order chi connectivity index (χ0) is 24.2. The van der Waals surface area contributed by atoms with Crippen molar-refractivity contribution in [3.05, 3.63) is 131 Å². The Bertz CT molecular complexity index is 1480. The number of ether oxygens (including phenoxy) is 2. The summed E-state index contributed by atoms with van der Waals surface area (Å²) in [6.07, 6.45) is 0. The number of carbonyl (C=O) groups is 1. The van der Waals surface area contributed by atoms with E-state index in [4.69, 9.17) is 13.9 Å². The zero-order valence-corrected chi connectivity index (χ0v) is 19.0. The maximum atomic E-state index is 13.7. The standard InChI is InChI=1S/C30H22O5/c1-33-23-18-16-22(17-19-23)28-29(27(31)24-14-8-9-15-25(24)34-28)35-30(32)26(20-10-4-2-5-11-20)21-12-6-3-7-13-21/h2-19,26H,1H3. The number of rotatable bonds is 6. The SMILES string of the molecule is COc1ccc(-c2oc3ccccc3c(=O)c2OC(=O)C(c2ccccc2)c2ccccc2)cc1. The van der Waals surface area contributed by atoms with E-state index >= 15 is 0 Å². The maximum Gasteiger partial charge on any atom is 0.323 e. The van der Waals surface area contributed by atoms with E-state index in [0.717, 1.165) is 11.1 Å². The van der Waals surface area contributed by atoms with Gasteiger partial charge in [0.2, 0.25) is 11.2 Å². The summed E-state index contributed by atoms with van der Waals surface area (Å²) >= 11 is 0. The molecule has 0 amide bonds. The van der Waals surface area contributed by atoms with Crippen LogP contribution in [0.5, 0.6) is 11.5 Å². The van der Waals surface area contributed by atoms with Gasteiger partial charge >= 0.3 is 5.97 Å². The Balaban J connectivity index is 1.64. The number of carbonyl (C=O) groups excluding carboxylic acids is 1. The van der Waals surface area contributed by atoms with Crippen LogP contribution in [0.3, 0.4) is 0 Å². The maximum absolute atomic E-state index is 13.7. The molecule has 0 radical (unpaired) electrons. The van der Waals surface area contributed by atoms with Crippen molar-refractivity contribution in [1.29, 1.82) is 0 Å². The van der Waals surface area contributed by atoms with Gasteiger partial charge in [0.15, 0.2) is 5.76 Å². The van der Waals surface area contributed by atoms with Crippen LogP contribution in [0.25, 0.3) is 22.3 Å². The average Bonchev–Trinajstić information content (AvgIpc) is 2.92. The fourth-order valence-electron chi connectivity index (χ4n) is 4.07. The fraction of sp³-hybridized carbons (Fsp3) is 0.0667. The average molecular weight is 463 g/mol. The monoisotopic (exact) mass is 462 g/mol. The highest BCUT2D eigenvalue weighted by Gasteiger charge is 2.28. The molecular formula is C30H22O5. The van der Waals surface area contributed by atoms with Crippen molar-refractivity contribution >= 4 is 16.9 Å². The highest BCUT2D eigenvalue weighted by atomic mass is 16.5. The number of methoxy groups -OCH3 is 1. The van der Waals surface area contributed by atoms with Crippen molar-refractivity contribution < 1.29 is 18.7 Å². The third-order valence-corrected chi connectivity index (χ3v) is 5.81. The fourth-order valence-corrected chi connectivity index (χ4v) is 4.07. The van der Waals surface area contributed by atoms with E-state index in [2.05, 4.69) is 0 Å². The van der Waals surface area contributed by atoms with E-state index in [1.807, 2.05) is 60.7 Å². The third kappa shape index (κ3) is 4.44. The van der Waals surface area contributed by atoms with Crippen molar-refractivity contribution in [3.8, 4) is 22.8 Å². The van der Waals surface area contributed by atoms with Crippen LogP contribution in [0.4, 0.5) is 0 Å². The van der Waals surface area contributed by atoms with Gasteiger partial charge in [-0.15, -0.1) is 0 Å². The molecule has 5 aromatic rings. The number of hydrogen-bond donors (Lipinski definition) is 0. The molecule has 5 heteroatoms. The second-order valence-corrected chi connectivity index (χ2v) is 7.99. The first kappa shape index (κ1) is 22.2. The molecule has 0 unspecified atom stereocenters. The lowest BCUT2D eigenvalue weighted by Crippen LogP contribution is -2.23. The lowest BCUT2D eigenvalue weighted by atomic mass is 9.91. The number of benzene rings is 4. The Labute approximate surface area is 202 Å². The summed E-state index contributed by atoms with van der Waals surface area (Å²) in [5.41, 5.74) is 2.11. The Hall–Kier alpha value is -4.64. The molecule has 5 rings (SSSR count). The smallest absolute Gasteiger partial charge is 0.323 e. The van der Waals surface area contributed by atoms with E-state index in [-0.39, 0.29) is 11.5 Å². The van der Waals surface area contributed by atoms with Crippen LogP contribution in [-0.2, 0) is 4.79 Å². The van der Waals surface area contributed by atoms with Gasteiger partial charge in [-0.1, -0.05) is 72.8 Å². The first-order valence-corrected chi connectivity index (χ1v) is 11.2. The van der Waals surface area contributed by atoms with Crippen molar-refractivity contribution in [2.75, 3.05) is 7.11 Å². The number of fused-ring (bicyclic) bond motifs is 1. The predicted octanol–water partition coefficient (Wildman–Crippen LogP) is 6.21. The molecule has 0 aliphatic heterocycles. The van der Waals surface area contributed by atoms with E-state index in [1.165, 1.54) is 0 Å². The second kappa shape index (κ2) is 9.69. The molecule has 0 N–H and O–H groups in total. The molecule has 35 heavy (non-hydrogen) atoms. The van der Waals surface area contributed by atoms with Gasteiger partial charge in [0, 0.05) is 5.56 Å². The number of hydrogen-bond acceptors (Lipinski definition) is 5. The van der Waals surface area contributed by atoms with Gasteiger partial charge in [-0.3, -0.25) is 9.59 Å². The molecule has 0 saturated heterocycles. The number of esters is 1. The van der Waals surface area contributed by atoms with Crippen LogP contribution in [0, 0.1) is 0 Å². The Morgan fingerprint density at radius 2 is 1.31 bits per heavy atom. The number of para-hydroxylation sites is 1. The molecule has 4 aromatic carbocycles. The Morgan fingerprint density at radius 1 is 0.743 bits per heavy atom. The van der Waals surface area contributed by atoms with Gasteiger partial charge in [0.1, 0.15) is 17.3 Å². The zero-order valence-electron chi connectivity index (χ0n) is 19.0. The first-order chi connectivity index (χ1) is 17.2. The molecule has 0 aliphatic carbocycles. The lowest BCUT2D eigenvalue weighted by Gasteiger charge is -2.18. The molecule has 5 nitrogen and oxygen atoms in total. The summed E-state index contributed by atoms with van der Waals surface area (Å²) in [7, 11) is 1.58. The highest BCUT2D eigenvalue weighted by Crippen LogP contribution is 2.34. The van der Waals surface area contributed by atoms with Gasteiger partial charge in [-0.25, -0.2) is 0 Å². The highest BCUT2D eigenvalue weighted by molar-refractivity contribution is 5.88. The molecule has 1 heterocycles. The van der Waals surface area contributed by atoms with Crippen molar-refractivity contribution in [1.82, 2.24) is 0 Å². The minimum absolute atomic E-state index is 0.143. The second-order valence-electron chi connectivity index (χ2n) is 7.99. The van der Waals surface area contributed by atoms with Gasteiger partial charge in [0.05, 0.1) is 12.5 Å². The summed E-state index contributed by atoms with van der Waals surface area (Å²) in [6.45, 7) is 0. The molecule has 0 aliphatic rings. The van der Waals surface area contributed by atoms with Crippen molar-refractivity contribution in [2.45, 2.75) is 5.92 Å². The van der Waals surface area contributed by atoms with Gasteiger partial charge < -0.3 is 13.9 Å². The minimum atomic E-state index is -0.716. The Kier molecular flexibility index (Phi) is 6.14. The van der Waals surface area contributed by atoms with Crippen LogP contribution in [-0.4, -0.2) is 13.1 Å². The van der Waals surface area contributed by atoms with E-state index in [9.17, 15) is 9.59 Å². The van der Waals surface area contributed by atoms with Crippen LogP contribution in [0.15, 0.2) is 118 Å². The topological polar surface area (TPSA) is 65.7 Å². The first-order valence-electron chi connectivity index (χ1n) is 11.2. The van der Waals surface area contributed by atoms with Crippen molar-refractivity contribution in [3.63, 3.8) is 0 Å². The minimum Gasteiger partial charge on any atom is -0.497 e. The van der Waals surface area contributed by atoms with Gasteiger partial charge in [0.25, 0.3) is 0 Å². The van der Waals surface area contributed by atoms with Crippen LogP contribution in [0.1, 0.15) is 17.0 Å².